The van der Waals surface area contributed by atoms with Gasteiger partial charge < -0.3 is 4.90 Å². The molecule has 3 heteroatoms. The summed E-state index contributed by atoms with van der Waals surface area (Å²) in [5.74, 6) is 0. The van der Waals surface area contributed by atoms with Gasteiger partial charge in [-0.2, -0.15) is 0 Å². The molecule has 0 bridgehead atoms. The maximum absolute atomic E-state index is 4.76. The third-order valence-corrected chi connectivity index (χ3v) is 3.72. The highest BCUT2D eigenvalue weighted by molar-refractivity contribution is 9.10. The van der Waals surface area contributed by atoms with Gasteiger partial charge >= 0.3 is 0 Å². The molecule has 1 aromatic carbocycles. The highest BCUT2D eigenvalue weighted by atomic mass is 79.9. The Morgan fingerprint density at radius 1 is 1.47 bits per heavy atom. The van der Waals surface area contributed by atoms with Crippen molar-refractivity contribution in [2.75, 3.05) is 20.1 Å². The molecule has 1 atom stereocenters. The van der Waals surface area contributed by atoms with Crippen molar-refractivity contribution in [3.8, 4) is 0 Å². The minimum Gasteiger partial charge on any atom is -0.302 e. The number of fused-ring (bicyclic) bond motifs is 2. The summed E-state index contributed by atoms with van der Waals surface area (Å²) in [5, 5.41) is 2.52. The Morgan fingerprint density at radius 2 is 2.33 bits per heavy atom. The normalized spacial score (nSPS) is 24.7. The maximum Gasteiger partial charge on any atom is 0.0750 e. The molecular weight excluding hydrogens is 252 g/mol. The molecule has 0 amide bonds. The van der Waals surface area contributed by atoms with Crippen molar-refractivity contribution in [1.82, 2.24) is 4.90 Å². The molecule has 1 fully saturated rings. The molecule has 1 aromatic rings. The largest absolute Gasteiger partial charge is 0.302 e. The molecule has 0 aliphatic carbocycles. The van der Waals surface area contributed by atoms with Gasteiger partial charge in [-0.25, -0.2) is 0 Å². The zero-order chi connectivity index (χ0) is 10.4. The monoisotopic (exact) mass is 264 g/mol. The highest BCUT2D eigenvalue weighted by Crippen LogP contribution is 2.20. The minimum atomic E-state index is 0.450. The van der Waals surface area contributed by atoms with Crippen LogP contribution in [0.25, 0.3) is 5.57 Å². The topological polar surface area (TPSA) is 15.6 Å². The zero-order valence-electron chi connectivity index (χ0n) is 8.70. The molecule has 0 spiro atoms. The van der Waals surface area contributed by atoms with Crippen LogP contribution in [0.2, 0.25) is 0 Å². The summed E-state index contributed by atoms with van der Waals surface area (Å²) in [6.45, 7) is 2.23. The first-order chi connectivity index (χ1) is 7.24. The molecule has 0 aromatic heterocycles. The molecular formula is C12H13BrN2. The average Bonchev–Trinajstić information content (AvgIpc) is 2.56. The van der Waals surface area contributed by atoms with Gasteiger partial charge in [0, 0.05) is 22.8 Å². The molecule has 1 saturated heterocycles. The summed E-state index contributed by atoms with van der Waals surface area (Å²) in [4.78, 5) is 7.14. The van der Waals surface area contributed by atoms with E-state index in [4.69, 9.17) is 4.99 Å². The number of nitrogens with zero attached hydrogens (tertiary/aromatic N) is 2. The van der Waals surface area contributed by atoms with Gasteiger partial charge in [-0.3, -0.25) is 4.99 Å². The zero-order valence-corrected chi connectivity index (χ0v) is 10.3. The third-order valence-electron chi connectivity index (χ3n) is 3.23. The fraction of sp³-hybridized carbons (Fsp3) is 0.417. The smallest absolute Gasteiger partial charge is 0.0750 e. The number of piperidine rings is 1. The minimum absolute atomic E-state index is 0.450. The molecule has 2 aliphatic rings. The average molecular weight is 265 g/mol. The fourth-order valence-electron chi connectivity index (χ4n) is 2.45. The molecule has 2 heterocycles. The van der Waals surface area contributed by atoms with E-state index in [0.717, 1.165) is 24.0 Å². The van der Waals surface area contributed by atoms with Crippen LogP contribution in [0, 0.1) is 0 Å². The van der Waals surface area contributed by atoms with Gasteiger partial charge in [0.05, 0.1) is 11.4 Å². The van der Waals surface area contributed by atoms with Gasteiger partial charge in [-0.1, -0.05) is 15.9 Å². The summed E-state index contributed by atoms with van der Waals surface area (Å²) in [5.41, 5.74) is 1.50. The van der Waals surface area contributed by atoms with Crippen molar-refractivity contribution < 1.29 is 0 Å². The van der Waals surface area contributed by atoms with Crippen LogP contribution in [-0.2, 0) is 0 Å². The molecule has 15 heavy (non-hydrogen) atoms. The van der Waals surface area contributed by atoms with E-state index >= 15 is 0 Å². The first-order valence-corrected chi connectivity index (χ1v) is 6.08. The van der Waals surface area contributed by atoms with Gasteiger partial charge in [-0.15, -0.1) is 0 Å². The van der Waals surface area contributed by atoms with Gasteiger partial charge in [0.1, 0.15) is 0 Å². The lowest BCUT2D eigenvalue weighted by atomic mass is 9.99. The van der Waals surface area contributed by atoms with Crippen molar-refractivity contribution in [2.24, 2.45) is 4.99 Å². The number of hydrogen-bond acceptors (Lipinski definition) is 2. The Bertz CT molecular complexity index is 521. The van der Waals surface area contributed by atoms with Crippen molar-refractivity contribution in [1.29, 1.82) is 0 Å². The van der Waals surface area contributed by atoms with Crippen LogP contribution in [0.1, 0.15) is 6.42 Å². The van der Waals surface area contributed by atoms with Crippen molar-refractivity contribution in [2.45, 2.75) is 12.5 Å². The van der Waals surface area contributed by atoms with Crippen LogP contribution < -0.4 is 10.6 Å². The molecule has 2 aliphatic heterocycles. The van der Waals surface area contributed by atoms with E-state index in [0.29, 0.717) is 6.04 Å². The molecule has 0 radical (unpaired) electrons. The van der Waals surface area contributed by atoms with Crippen LogP contribution in [0.5, 0.6) is 0 Å². The van der Waals surface area contributed by atoms with Crippen LogP contribution in [0.4, 0.5) is 0 Å². The number of halogens is 1. The second kappa shape index (κ2) is 3.42. The van der Waals surface area contributed by atoms with Crippen molar-refractivity contribution in [3.05, 3.63) is 33.2 Å². The maximum atomic E-state index is 4.76. The fourth-order valence-corrected chi connectivity index (χ4v) is 2.81. The molecule has 2 nitrogen and oxygen atoms in total. The van der Waals surface area contributed by atoms with E-state index in [9.17, 15) is 0 Å². The van der Waals surface area contributed by atoms with Gasteiger partial charge in [-0.05, 0) is 37.2 Å². The molecule has 78 valence electrons. The Morgan fingerprint density at radius 3 is 3.20 bits per heavy atom. The molecule has 0 saturated carbocycles. The van der Waals surface area contributed by atoms with Gasteiger partial charge in [0.15, 0.2) is 0 Å². The summed E-state index contributed by atoms with van der Waals surface area (Å²) < 4.78 is 1.15. The van der Waals surface area contributed by atoms with Gasteiger partial charge in [0.25, 0.3) is 0 Å². The van der Waals surface area contributed by atoms with E-state index in [2.05, 4.69) is 46.1 Å². The van der Waals surface area contributed by atoms with E-state index in [1.165, 1.54) is 16.1 Å². The van der Waals surface area contributed by atoms with E-state index < -0.39 is 0 Å². The van der Waals surface area contributed by atoms with E-state index in [1.54, 1.807) is 0 Å². The lowest BCUT2D eigenvalue weighted by Crippen LogP contribution is -2.35. The summed E-state index contributed by atoms with van der Waals surface area (Å²) in [6.07, 6.45) is 1.16. The number of rotatable bonds is 0. The van der Waals surface area contributed by atoms with Crippen molar-refractivity contribution >= 4 is 21.5 Å². The lowest BCUT2D eigenvalue weighted by Gasteiger charge is -2.27. The number of benzene rings is 1. The lowest BCUT2D eigenvalue weighted by molar-refractivity contribution is 0.332. The standard InChI is InChI=1S/C12H13BrN2/c1-15-5-4-12-10(7-15)9-6-8(13)2-3-11(9)14-12/h2-3,6,12H,4-5,7H2,1H3. The summed E-state index contributed by atoms with van der Waals surface area (Å²) in [6, 6.07) is 6.84. The van der Waals surface area contributed by atoms with Gasteiger partial charge in [0.2, 0.25) is 0 Å². The molecule has 3 rings (SSSR count). The Kier molecular flexibility index (Phi) is 2.18. The van der Waals surface area contributed by atoms with Crippen LogP contribution >= 0.6 is 15.9 Å². The predicted molar refractivity (Wildman–Crippen MR) is 64.2 cm³/mol. The Hall–Kier alpha value is -0.670. The first-order valence-electron chi connectivity index (χ1n) is 5.29. The second-order valence-electron chi connectivity index (χ2n) is 4.36. The molecule has 1 unspecified atom stereocenters. The van der Waals surface area contributed by atoms with E-state index in [1.807, 2.05) is 0 Å². The SMILES string of the molecule is CN1CCC2N=c3ccc(Br)cc3=C2C1. The van der Waals surface area contributed by atoms with Crippen LogP contribution in [0.15, 0.2) is 27.7 Å². The van der Waals surface area contributed by atoms with E-state index in [-0.39, 0.29) is 0 Å². The summed E-state index contributed by atoms with van der Waals surface area (Å²) in [7, 11) is 2.18. The van der Waals surface area contributed by atoms with Crippen molar-refractivity contribution in [3.63, 3.8) is 0 Å². The third kappa shape index (κ3) is 1.54. The predicted octanol–water partition coefficient (Wildman–Crippen LogP) is 0.937. The highest BCUT2D eigenvalue weighted by Gasteiger charge is 2.25. The van der Waals surface area contributed by atoms with Crippen LogP contribution in [0.3, 0.4) is 0 Å². The Balaban J connectivity index is 2.23. The van der Waals surface area contributed by atoms with Crippen LogP contribution in [-0.4, -0.2) is 31.1 Å². The Labute approximate surface area is 97.4 Å². The first kappa shape index (κ1) is 9.55. The second-order valence-corrected chi connectivity index (χ2v) is 5.27. The molecule has 0 N–H and O–H groups in total. The summed E-state index contributed by atoms with van der Waals surface area (Å²) >= 11 is 3.53. The number of likely N-dealkylation sites (tertiary alicyclic amines) is 1. The quantitative estimate of drug-likeness (QED) is 0.681. The number of hydrogen-bond donors (Lipinski definition) is 0.